The molecule has 0 radical (unpaired) electrons. The van der Waals surface area contributed by atoms with Crippen molar-refractivity contribution in [3.05, 3.63) is 53.0 Å². The van der Waals surface area contributed by atoms with Gasteiger partial charge in [0.2, 0.25) is 0 Å². The zero-order valence-corrected chi connectivity index (χ0v) is 13.6. The van der Waals surface area contributed by atoms with Crippen molar-refractivity contribution >= 4 is 27.7 Å². The highest BCUT2D eigenvalue weighted by Crippen LogP contribution is 2.27. The molecule has 2 rings (SSSR count). The van der Waals surface area contributed by atoms with Crippen molar-refractivity contribution < 1.29 is 0 Å². The van der Waals surface area contributed by atoms with Crippen LogP contribution in [0.15, 0.2) is 52.1 Å². The molecular formula is C15H18BrN3S. The van der Waals surface area contributed by atoms with Gasteiger partial charge in [-0.15, -0.1) is 11.8 Å². The maximum Gasteiger partial charge on any atom is 0.129 e. The van der Waals surface area contributed by atoms with Crippen molar-refractivity contribution in [3.8, 4) is 0 Å². The average Bonchev–Trinajstić information content (AvgIpc) is 2.46. The quantitative estimate of drug-likeness (QED) is 0.610. The van der Waals surface area contributed by atoms with E-state index in [0.717, 1.165) is 35.3 Å². The Morgan fingerprint density at radius 1 is 1.15 bits per heavy atom. The number of benzene rings is 1. The molecule has 1 aromatic carbocycles. The van der Waals surface area contributed by atoms with Crippen LogP contribution in [-0.4, -0.2) is 21.8 Å². The Morgan fingerprint density at radius 2 is 1.90 bits per heavy atom. The summed E-state index contributed by atoms with van der Waals surface area (Å²) in [5.74, 6) is 1.91. The zero-order chi connectivity index (χ0) is 14.2. The number of halogens is 1. The van der Waals surface area contributed by atoms with Crippen molar-refractivity contribution in [1.82, 2.24) is 9.97 Å². The SMILES string of the molecule is NC(CCCSc1ccccc1Br)Cc1ncccn1. The zero-order valence-electron chi connectivity index (χ0n) is 11.2. The van der Waals surface area contributed by atoms with Crippen molar-refractivity contribution in [2.24, 2.45) is 5.73 Å². The van der Waals surface area contributed by atoms with Gasteiger partial charge in [-0.2, -0.15) is 0 Å². The van der Waals surface area contributed by atoms with Gasteiger partial charge in [-0.05, 0) is 52.7 Å². The molecule has 1 aromatic heterocycles. The molecule has 0 saturated heterocycles. The molecule has 3 nitrogen and oxygen atoms in total. The van der Waals surface area contributed by atoms with Gasteiger partial charge in [-0.1, -0.05) is 12.1 Å². The molecule has 106 valence electrons. The molecule has 0 fully saturated rings. The van der Waals surface area contributed by atoms with E-state index in [1.54, 1.807) is 12.4 Å². The third kappa shape index (κ3) is 5.23. The number of nitrogens with two attached hydrogens (primary N) is 1. The second kappa shape index (κ2) is 8.39. The van der Waals surface area contributed by atoms with Gasteiger partial charge in [0, 0.05) is 34.2 Å². The lowest BCUT2D eigenvalue weighted by Crippen LogP contribution is -2.23. The molecule has 0 amide bonds. The molecule has 1 unspecified atom stereocenters. The summed E-state index contributed by atoms with van der Waals surface area (Å²) in [6.07, 6.45) is 6.37. The number of nitrogens with zero attached hydrogens (tertiary/aromatic N) is 2. The number of hydrogen-bond acceptors (Lipinski definition) is 4. The van der Waals surface area contributed by atoms with Crippen LogP contribution in [0.5, 0.6) is 0 Å². The molecule has 0 spiro atoms. The van der Waals surface area contributed by atoms with Crippen molar-refractivity contribution in [1.29, 1.82) is 0 Å². The minimum absolute atomic E-state index is 0.136. The third-order valence-corrected chi connectivity index (χ3v) is 4.99. The Bertz CT molecular complexity index is 522. The highest BCUT2D eigenvalue weighted by molar-refractivity contribution is 9.10. The van der Waals surface area contributed by atoms with Gasteiger partial charge < -0.3 is 5.73 Å². The van der Waals surface area contributed by atoms with Crippen molar-refractivity contribution in [2.45, 2.75) is 30.2 Å². The van der Waals surface area contributed by atoms with Crippen LogP contribution in [0.3, 0.4) is 0 Å². The monoisotopic (exact) mass is 351 g/mol. The first-order chi connectivity index (χ1) is 9.75. The lowest BCUT2D eigenvalue weighted by atomic mass is 10.1. The third-order valence-electron chi connectivity index (χ3n) is 2.88. The first kappa shape index (κ1) is 15.5. The van der Waals surface area contributed by atoms with Crippen molar-refractivity contribution in [3.63, 3.8) is 0 Å². The Hall–Kier alpha value is -0.910. The summed E-state index contributed by atoms with van der Waals surface area (Å²) in [5.41, 5.74) is 6.12. The fraction of sp³-hybridized carbons (Fsp3) is 0.333. The fourth-order valence-corrected chi connectivity index (χ4v) is 3.40. The van der Waals surface area contributed by atoms with E-state index in [2.05, 4.69) is 44.1 Å². The summed E-state index contributed by atoms with van der Waals surface area (Å²) in [5, 5.41) is 0. The summed E-state index contributed by atoms with van der Waals surface area (Å²) in [6, 6.07) is 10.3. The van der Waals surface area contributed by atoms with Crippen LogP contribution >= 0.6 is 27.7 Å². The van der Waals surface area contributed by atoms with E-state index in [1.807, 2.05) is 23.9 Å². The molecule has 0 aliphatic rings. The molecule has 0 aliphatic carbocycles. The molecule has 0 aliphatic heterocycles. The predicted molar refractivity (Wildman–Crippen MR) is 87.8 cm³/mol. The van der Waals surface area contributed by atoms with Crippen LogP contribution in [0, 0.1) is 0 Å². The maximum absolute atomic E-state index is 6.12. The number of hydrogen-bond donors (Lipinski definition) is 1. The van der Waals surface area contributed by atoms with Gasteiger partial charge in [0.25, 0.3) is 0 Å². The number of rotatable bonds is 7. The van der Waals surface area contributed by atoms with E-state index < -0.39 is 0 Å². The minimum Gasteiger partial charge on any atom is -0.327 e. The summed E-state index contributed by atoms with van der Waals surface area (Å²) in [4.78, 5) is 9.69. The Balaban J connectivity index is 1.67. The molecule has 2 aromatic rings. The fourth-order valence-electron chi connectivity index (χ4n) is 1.86. The van der Waals surface area contributed by atoms with E-state index in [1.165, 1.54) is 4.90 Å². The predicted octanol–water partition coefficient (Wildman–Crippen LogP) is 3.68. The van der Waals surface area contributed by atoms with Crippen LogP contribution in [0.4, 0.5) is 0 Å². The molecule has 5 heteroatoms. The molecule has 20 heavy (non-hydrogen) atoms. The molecule has 1 atom stereocenters. The van der Waals surface area contributed by atoms with Crippen LogP contribution in [0.1, 0.15) is 18.7 Å². The Morgan fingerprint density at radius 3 is 2.65 bits per heavy atom. The second-order valence-electron chi connectivity index (χ2n) is 4.55. The van der Waals surface area contributed by atoms with E-state index in [0.29, 0.717) is 0 Å². The first-order valence-electron chi connectivity index (χ1n) is 6.64. The largest absolute Gasteiger partial charge is 0.327 e. The summed E-state index contributed by atoms with van der Waals surface area (Å²) < 4.78 is 1.16. The van der Waals surface area contributed by atoms with E-state index in [9.17, 15) is 0 Å². The second-order valence-corrected chi connectivity index (χ2v) is 6.54. The highest BCUT2D eigenvalue weighted by Gasteiger charge is 2.06. The molecule has 1 heterocycles. The summed E-state index contributed by atoms with van der Waals surface area (Å²) in [6.45, 7) is 0. The number of thioether (sulfide) groups is 1. The Labute approximate surface area is 132 Å². The molecule has 2 N–H and O–H groups in total. The van der Waals surface area contributed by atoms with Crippen LogP contribution in [0.2, 0.25) is 0 Å². The van der Waals surface area contributed by atoms with Crippen molar-refractivity contribution in [2.75, 3.05) is 5.75 Å². The summed E-state index contributed by atoms with van der Waals surface area (Å²) in [7, 11) is 0. The van der Waals surface area contributed by atoms with Crippen LogP contribution in [0.25, 0.3) is 0 Å². The maximum atomic E-state index is 6.12. The van der Waals surface area contributed by atoms with Gasteiger partial charge in [0.1, 0.15) is 5.82 Å². The lowest BCUT2D eigenvalue weighted by molar-refractivity contribution is 0.587. The highest BCUT2D eigenvalue weighted by atomic mass is 79.9. The molecule has 0 bridgehead atoms. The van der Waals surface area contributed by atoms with Crippen LogP contribution < -0.4 is 5.73 Å². The molecule has 0 saturated carbocycles. The van der Waals surface area contributed by atoms with Gasteiger partial charge in [-0.25, -0.2) is 9.97 Å². The smallest absolute Gasteiger partial charge is 0.129 e. The molecular weight excluding hydrogens is 334 g/mol. The topological polar surface area (TPSA) is 51.8 Å². The first-order valence-corrected chi connectivity index (χ1v) is 8.42. The Kier molecular flexibility index (Phi) is 6.50. The van der Waals surface area contributed by atoms with Gasteiger partial charge in [0.15, 0.2) is 0 Å². The van der Waals surface area contributed by atoms with E-state index in [-0.39, 0.29) is 6.04 Å². The van der Waals surface area contributed by atoms with E-state index >= 15 is 0 Å². The van der Waals surface area contributed by atoms with Gasteiger partial charge in [-0.3, -0.25) is 0 Å². The normalized spacial score (nSPS) is 12.3. The average molecular weight is 352 g/mol. The standard InChI is InChI=1S/C15H18BrN3S/c16-13-6-1-2-7-14(13)20-10-3-5-12(17)11-15-18-8-4-9-19-15/h1-2,4,6-9,12H,3,5,10-11,17H2. The van der Waals surface area contributed by atoms with Crippen LogP contribution in [-0.2, 0) is 6.42 Å². The number of aromatic nitrogens is 2. The van der Waals surface area contributed by atoms with Gasteiger partial charge in [0.05, 0.1) is 0 Å². The van der Waals surface area contributed by atoms with Gasteiger partial charge >= 0.3 is 0 Å². The lowest BCUT2D eigenvalue weighted by Gasteiger charge is -2.10. The minimum atomic E-state index is 0.136. The van der Waals surface area contributed by atoms with E-state index in [4.69, 9.17) is 5.73 Å². The summed E-state index contributed by atoms with van der Waals surface area (Å²) >= 11 is 5.42.